The van der Waals surface area contributed by atoms with Crippen molar-refractivity contribution in [3.8, 4) is 0 Å². The number of aryl methyl sites for hydroxylation is 2. The number of hydrogen-bond donors (Lipinski definition) is 1. The van der Waals surface area contributed by atoms with Gasteiger partial charge >= 0.3 is 0 Å². The van der Waals surface area contributed by atoms with Crippen molar-refractivity contribution in [2.45, 2.75) is 26.3 Å². The van der Waals surface area contributed by atoms with E-state index in [1.165, 1.54) is 12.1 Å². The minimum atomic E-state index is -3.90. The Morgan fingerprint density at radius 3 is 2.65 bits per heavy atom. The van der Waals surface area contributed by atoms with Gasteiger partial charge in [0.25, 0.3) is 10.1 Å². The van der Waals surface area contributed by atoms with Gasteiger partial charge in [-0.2, -0.15) is 13.0 Å². The molecular weight excluding hydrogens is 281 g/mol. The fourth-order valence-corrected chi connectivity index (χ4v) is 2.82. The first kappa shape index (κ1) is 14.9. The van der Waals surface area contributed by atoms with Crippen LogP contribution in [0.5, 0.6) is 0 Å². The van der Waals surface area contributed by atoms with Crippen molar-refractivity contribution in [3.63, 3.8) is 0 Å². The highest BCUT2D eigenvalue weighted by molar-refractivity contribution is 7.85. The molecule has 0 unspecified atom stereocenters. The second-order valence-electron chi connectivity index (χ2n) is 4.82. The van der Waals surface area contributed by atoms with Crippen LogP contribution in [0.3, 0.4) is 0 Å². The Kier molecular flexibility index (Phi) is 4.35. The molecule has 6 heteroatoms. The van der Waals surface area contributed by atoms with Gasteiger partial charge in [0.1, 0.15) is 12.4 Å². The monoisotopic (exact) mass is 298 g/mol. The van der Waals surface area contributed by atoms with Crippen LogP contribution in [0.2, 0.25) is 0 Å². The topological polar surface area (TPSA) is 58.2 Å². The molecule has 0 aliphatic carbocycles. The second kappa shape index (κ2) is 5.85. The van der Waals surface area contributed by atoms with E-state index in [9.17, 15) is 12.8 Å². The molecule has 0 spiro atoms. The number of unbranched alkanes of at least 4 members (excludes halogenated alkanes) is 1. The van der Waals surface area contributed by atoms with E-state index in [4.69, 9.17) is 4.55 Å². The molecule has 1 aromatic heterocycles. The highest BCUT2D eigenvalue weighted by Gasteiger charge is 2.13. The number of hydrogen-bond acceptors (Lipinski definition) is 2. The minimum absolute atomic E-state index is 0.230. The maximum atomic E-state index is 13.2. The summed E-state index contributed by atoms with van der Waals surface area (Å²) in [7, 11) is -3.90. The lowest BCUT2D eigenvalue weighted by atomic mass is 10.1. The normalized spacial score (nSPS) is 11.9. The van der Waals surface area contributed by atoms with E-state index in [1.807, 2.05) is 23.6 Å². The van der Waals surface area contributed by atoms with E-state index >= 15 is 0 Å². The molecule has 2 aromatic rings. The standard InChI is InChI=1S/C14H16FNO3S/c1-11-4-5-12-10-13(15)6-7-14(12)16(11)8-2-3-9-20(17,18)19/h4-7,10H,2-3,8-9H2,1H3/p+1. The number of fused-ring (bicyclic) bond motifs is 1. The lowest BCUT2D eigenvalue weighted by molar-refractivity contribution is -0.677. The van der Waals surface area contributed by atoms with Gasteiger partial charge in [0.05, 0.1) is 5.75 Å². The zero-order chi connectivity index (χ0) is 14.8. The van der Waals surface area contributed by atoms with Crippen molar-refractivity contribution in [1.82, 2.24) is 0 Å². The molecule has 0 aliphatic heterocycles. The molecule has 0 saturated carbocycles. The van der Waals surface area contributed by atoms with Gasteiger partial charge in [0.15, 0.2) is 5.69 Å². The van der Waals surface area contributed by atoms with E-state index in [1.54, 1.807) is 6.07 Å². The molecule has 1 N–H and O–H groups in total. The van der Waals surface area contributed by atoms with Crippen molar-refractivity contribution in [2.24, 2.45) is 0 Å². The van der Waals surface area contributed by atoms with E-state index in [2.05, 4.69) is 0 Å². The van der Waals surface area contributed by atoms with Gasteiger partial charge in [0, 0.05) is 30.9 Å². The van der Waals surface area contributed by atoms with Gasteiger partial charge in [0.2, 0.25) is 5.52 Å². The summed E-state index contributed by atoms with van der Waals surface area (Å²) in [6.07, 6.45) is 1.02. The average Bonchev–Trinajstić information content (AvgIpc) is 2.35. The molecule has 1 heterocycles. The van der Waals surface area contributed by atoms with Crippen molar-refractivity contribution < 1.29 is 21.9 Å². The SMILES string of the molecule is Cc1ccc2cc(F)ccc2[n+]1CCCCS(=O)(=O)O. The first-order valence-corrected chi connectivity index (χ1v) is 8.01. The zero-order valence-corrected chi connectivity index (χ0v) is 12.0. The molecule has 0 fully saturated rings. The number of rotatable bonds is 5. The molecule has 2 rings (SSSR count). The lowest BCUT2D eigenvalue weighted by Crippen LogP contribution is -2.38. The summed E-state index contributed by atoms with van der Waals surface area (Å²) >= 11 is 0. The van der Waals surface area contributed by atoms with Gasteiger partial charge in [-0.3, -0.25) is 4.55 Å². The molecular formula is C14H17FNO3S+. The van der Waals surface area contributed by atoms with Gasteiger partial charge in [-0.15, -0.1) is 0 Å². The molecule has 20 heavy (non-hydrogen) atoms. The Labute approximate surface area is 117 Å². The smallest absolute Gasteiger partial charge is 0.264 e. The summed E-state index contributed by atoms with van der Waals surface area (Å²) in [6.45, 7) is 2.58. The zero-order valence-electron chi connectivity index (χ0n) is 11.2. The molecule has 0 amide bonds. The number of nitrogens with zero attached hydrogens (tertiary/aromatic N) is 1. The molecule has 0 aliphatic rings. The first-order valence-electron chi connectivity index (χ1n) is 6.41. The van der Waals surface area contributed by atoms with Crippen LogP contribution in [0.1, 0.15) is 18.5 Å². The molecule has 0 atom stereocenters. The number of aromatic nitrogens is 1. The van der Waals surface area contributed by atoms with Crippen LogP contribution in [0.25, 0.3) is 10.9 Å². The molecule has 108 valence electrons. The average molecular weight is 298 g/mol. The van der Waals surface area contributed by atoms with E-state index in [0.29, 0.717) is 19.4 Å². The summed E-state index contributed by atoms with van der Waals surface area (Å²) in [5.74, 6) is -0.509. The van der Waals surface area contributed by atoms with Gasteiger partial charge in [-0.05, 0) is 24.6 Å². The van der Waals surface area contributed by atoms with Crippen LogP contribution < -0.4 is 4.57 Å². The summed E-state index contributed by atoms with van der Waals surface area (Å²) in [5, 5.41) is 0.811. The number of halogens is 1. The van der Waals surface area contributed by atoms with Gasteiger partial charge < -0.3 is 0 Å². The molecule has 4 nitrogen and oxygen atoms in total. The van der Waals surface area contributed by atoms with Crippen molar-refractivity contribution >= 4 is 21.0 Å². The second-order valence-corrected chi connectivity index (χ2v) is 6.39. The largest absolute Gasteiger partial charge is 0.286 e. The molecule has 0 saturated heterocycles. The Hall–Kier alpha value is -1.53. The van der Waals surface area contributed by atoms with E-state index < -0.39 is 10.1 Å². The minimum Gasteiger partial charge on any atom is -0.286 e. The summed E-state index contributed by atoms with van der Waals surface area (Å²) in [4.78, 5) is 0. The van der Waals surface area contributed by atoms with Crippen molar-refractivity contribution in [3.05, 3.63) is 41.8 Å². The third-order valence-electron chi connectivity index (χ3n) is 3.24. The molecule has 0 bridgehead atoms. The lowest BCUT2D eigenvalue weighted by Gasteiger charge is -2.05. The predicted molar refractivity (Wildman–Crippen MR) is 74.5 cm³/mol. The fraction of sp³-hybridized carbons (Fsp3) is 0.357. The van der Waals surface area contributed by atoms with Crippen LogP contribution >= 0.6 is 0 Å². The Balaban J connectivity index is 2.18. The maximum absolute atomic E-state index is 13.2. The number of benzene rings is 1. The highest BCUT2D eigenvalue weighted by Crippen LogP contribution is 2.13. The van der Waals surface area contributed by atoms with Crippen LogP contribution in [0.15, 0.2) is 30.3 Å². The Bertz CT molecular complexity index is 729. The fourth-order valence-electron chi connectivity index (χ4n) is 2.25. The molecule has 1 aromatic carbocycles. The van der Waals surface area contributed by atoms with E-state index in [-0.39, 0.29) is 11.6 Å². The third kappa shape index (κ3) is 3.74. The highest BCUT2D eigenvalue weighted by atomic mass is 32.2. The summed E-state index contributed by atoms with van der Waals surface area (Å²) in [5.41, 5.74) is 1.94. The van der Waals surface area contributed by atoms with Crippen LogP contribution in [-0.4, -0.2) is 18.7 Å². The third-order valence-corrected chi connectivity index (χ3v) is 4.05. The van der Waals surface area contributed by atoms with Crippen LogP contribution in [0.4, 0.5) is 4.39 Å². The summed E-state index contributed by atoms with van der Waals surface area (Å²) < 4.78 is 45.3. The van der Waals surface area contributed by atoms with Crippen molar-refractivity contribution in [1.29, 1.82) is 0 Å². The van der Waals surface area contributed by atoms with Crippen molar-refractivity contribution in [2.75, 3.05) is 5.75 Å². The van der Waals surface area contributed by atoms with Crippen LogP contribution in [0, 0.1) is 12.7 Å². The maximum Gasteiger partial charge on any atom is 0.264 e. The Morgan fingerprint density at radius 2 is 1.95 bits per heavy atom. The van der Waals surface area contributed by atoms with Crippen LogP contribution in [-0.2, 0) is 16.7 Å². The first-order chi connectivity index (χ1) is 9.37. The predicted octanol–water partition coefficient (Wildman–Crippen LogP) is 2.24. The van der Waals surface area contributed by atoms with E-state index in [0.717, 1.165) is 16.6 Å². The molecule has 0 radical (unpaired) electrons. The quantitative estimate of drug-likeness (QED) is 0.523. The number of pyridine rings is 1. The van der Waals surface area contributed by atoms with Gasteiger partial charge in [-0.1, -0.05) is 0 Å². The summed E-state index contributed by atoms with van der Waals surface area (Å²) in [6, 6.07) is 8.38. The Morgan fingerprint density at radius 1 is 1.20 bits per heavy atom. The van der Waals surface area contributed by atoms with Gasteiger partial charge in [-0.25, -0.2) is 4.39 Å².